The lowest BCUT2D eigenvalue weighted by molar-refractivity contribution is 0.355. The minimum Gasteiger partial charge on any atom is -0.340 e. The lowest BCUT2D eigenvalue weighted by Gasteiger charge is -2.19. The van der Waals surface area contributed by atoms with E-state index in [0.29, 0.717) is 11.9 Å². The van der Waals surface area contributed by atoms with E-state index in [1.165, 1.54) is 12.8 Å². The van der Waals surface area contributed by atoms with Gasteiger partial charge in [-0.2, -0.15) is 4.98 Å². The summed E-state index contributed by atoms with van der Waals surface area (Å²) in [7, 11) is 0. The van der Waals surface area contributed by atoms with Gasteiger partial charge in [-0.3, -0.25) is 0 Å². The third-order valence-electron chi connectivity index (χ3n) is 2.17. The topological polar surface area (TPSA) is 51.0 Å². The van der Waals surface area contributed by atoms with Crippen molar-refractivity contribution in [3.05, 3.63) is 11.7 Å². The second-order valence-electron chi connectivity index (χ2n) is 3.17. The average Bonchev–Trinajstić information content (AvgIpc) is 2.54. The summed E-state index contributed by atoms with van der Waals surface area (Å²) in [5.74, 6) is 1.46. The first-order valence-electron chi connectivity index (χ1n) is 4.40. The third kappa shape index (κ3) is 2.42. The summed E-state index contributed by atoms with van der Waals surface area (Å²) >= 11 is 0. The molecule has 2 rings (SSSR count). The van der Waals surface area contributed by atoms with Gasteiger partial charge in [0.25, 0.3) is 0 Å². The zero-order chi connectivity index (χ0) is 8.39. The molecule has 4 nitrogen and oxygen atoms in total. The van der Waals surface area contributed by atoms with E-state index in [1.807, 2.05) is 6.92 Å². The third-order valence-corrected chi connectivity index (χ3v) is 2.17. The van der Waals surface area contributed by atoms with Gasteiger partial charge in [-0.1, -0.05) is 11.6 Å². The van der Waals surface area contributed by atoms with Gasteiger partial charge in [-0.15, -0.1) is 12.4 Å². The summed E-state index contributed by atoms with van der Waals surface area (Å²) in [6.45, 7) is 2.89. The second kappa shape index (κ2) is 4.58. The number of hydrogen-bond donors (Lipinski definition) is 1. The number of nitrogens with zero attached hydrogens (tertiary/aromatic N) is 2. The van der Waals surface area contributed by atoms with Crippen molar-refractivity contribution in [2.45, 2.75) is 32.2 Å². The fraction of sp³-hybridized carbons (Fsp3) is 0.750. The van der Waals surface area contributed by atoms with E-state index in [1.54, 1.807) is 0 Å². The molecule has 0 radical (unpaired) electrons. The predicted octanol–water partition coefficient (Wildman–Crippen LogP) is 1.61. The standard InChI is InChI=1S/C8H13N3O.ClH/c1-6-10-8(11-12-6)7-4-2-3-5-9-7;/h7,9H,2-5H2,1H3;1H. The van der Waals surface area contributed by atoms with Crippen molar-refractivity contribution in [2.75, 3.05) is 6.54 Å². The molecule has 0 bridgehead atoms. The Bertz CT molecular complexity index is 258. The Balaban J connectivity index is 0.000000845. The average molecular weight is 204 g/mol. The van der Waals surface area contributed by atoms with Crippen LogP contribution in [-0.2, 0) is 0 Å². The highest BCUT2D eigenvalue weighted by atomic mass is 35.5. The number of hydrogen-bond acceptors (Lipinski definition) is 4. The molecule has 1 saturated heterocycles. The van der Waals surface area contributed by atoms with Crippen molar-refractivity contribution in [3.8, 4) is 0 Å². The maximum absolute atomic E-state index is 4.92. The molecule has 1 aromatic heterocycles. The number of piperidine rings is 1. The molecule has 0 saturated carbocycles. The maximum Gasteiger partial charge on any atom is 0.223 e. The van der Waals surface area contributed by atoms with Crippen LogP contribution in [0.3, 0.4) is 0 Å². The molecular formula is C8H14ClN3O. The van der Waals surface area contributed by atoms with E-state index in [0.717, 1.165) is 18.8 Å². The molecule has 1 atom stereocenters. The van der Waals surface area contributed by atoms with Gasteiger partial charge in [0.05, 0.1) is 6.04 Å². The number of rotatable bonds is 1. The first kappa shape index (κ1) is 10.5. The largest absolute Gasteiger partial charge is 0.340 e. The van der Waals surface area contributed by atoms with Gasteiger partial charge < -0.3 is 9.84 Å². The molecule has 5 heteroatoms. The minimum atomic E-state index is 0. The van der Waals surface area contributed by atoms with Crippen molar-refractivity contribution < 1.29 is 4.52 Å². The number of halogens is 1. The minimum absolute atomic E-state index is 0. The van der Waals surface area contributed by atoms with Crippen molar-refractivity contribution in [1.82, 2.24) is 15.5 Å². The molecular weight excluding hydrogens is 190 g/mol. The Labute approximate surface area is 83.5 Å². The van der Waals surface area contributed by atoms with Crippen molar-refractivity contribution in [3.63, 3.8) is 0 Å². The molecule has 0 amide bonds. The van der Waals surface area contributed by atoms with E-state index in [9.17, 15) is 0 Å². The predicted molar refractivity (Wildman–Crippen MR) is 50.9 cm³/mol. The monoisotopic (exact) mass is 203 g/mol. The zero-order valence-electron chi connectivity index (χ0n) is 7.62. The molecule has 0 aliphatic carbocycles. The highest BCUT2D eigenvalue weighted by Gasteiger charge is 2.18. The van der Waals surface area contributed by atoms with Crippen molar-refractivity contribution in [1.29, 1.82) is 0 Å². The summed E-state index contributed by atoms with van der Waals surface area (Å²) in [5.41, 5.74) is 0. The fourth-order valence-corrected chi connectivity index (χ4v) is 1.53. The van der Waals surface area contributed by atoms with Crippen LogP contribution in [0.2, 0.25) is 0 Å². The first-order chi connectivity index (χ1) is 5.86. The first-order valence-corrected chi connectivity index (χ1v) is 4.40. The fourth-order valence-electron chi connectivity index (χ4n) is 1.53. The van der Waals surface area contributed by atoms with Crippen molar-refractivity contribution in [2.24, 2.45) is 0 Å². The Morgan fingerprint density at radius 2 is 2.31 bits per heavy atom. The van der Waals surface area contributed by atoms with Gasteiger partial charge >= 0.3 is 0 Å². The van der Waals surface area contributed by atoms with Crippen LogP contribution in [0.4, 0.5) is 0 Å². The lowest BCUT2D eigenvalue weighted by atomic mass is 10.0. The lowest BCUT2D eigenvalue weighted by Crippen LogP contribution is -2.27. The quantitative estimate of drug-likeness (QED) is 0.754. The molecule has 1 N–H and O–H groups in total. The van der Waals surface area contributed by atoms with Crippen LogP contribution in [0, 0.1) is 6.92 Å². The van der Waals surface area contributed by atoms with Crippen molar-refractivity contribution >= 4 is 12.4 Å². The highest BCUT2D eigenvalue weighted by Crippen LogP contribution is 2.19. The smallest absolute Gasteiger partial charge is 0.223 e. The number of nitrogens with one attached hydrogen (secondary N) is 1. The van der Waals surface area contributed by atoms with E-state index in [-0.39, 0.29) is 12.4 Å². The van der Waals surface area contributed by atoms with Gasteiger partial charge in [-0.25, -0.2) is 0 Å². The number of aromatic nitrogens is 2. The number of aryl methyl sites for hydroxylation is 1. The SMILES string of the molecule is Cc1nc(C2CCCCN2)no1.Cl. The molecule has 1 aliphatic rings. The van der Waals surface area contributed by atoms with Gasteiger partial charge in [-0.05, 0) is 19.4 Å². The van der Waals surface area contributed by atoms with Gasteiger partial charge in [0.15, 0.2) is 5.82 Å². The summed E-state index contributed by atoms with van der Waals surface area (Å²) < 4.78 is 4.92. The molecule has 1 fully saturated rings. The van der Waals surface area contributed by atoms with E-state index < -0.39 is 0 Å². The highest BCUT2D eigenvalue weighted by molar-refractivity contribution is 5.85. The van der Waals surface area contributed by atoms with Crippen LogP contribution >= 0.6 is 12.4 Å². The molecule has 1 aromatic rings. The molecule has 2 heterocycles. The zero-order valence-corrected chi connectivity index (χ0v) is 8.43. The van der Waals surface area contributed by atoms with Crippen LogP contribution in [0.15, 0.2) is 4.52 Å². The molecule has 13 heavy (non-hydrogen) atoms. The van der Waals surface area contributed by atoms with Crippen LogP contribution < -0.4 is 5.32 Å². The molecule has 74 valence electrons. The normalized spacial score (nSPS) is 22.4. The summed E-state index contributed by atoms with van der Waals surface area (Å²) in [6.07, 6.45) is 3.64. The van der Waals surface area contributed by atoms with Gasteiger partial charge in [0.1, 0.15) is 0 Å². The molecule has 1 aliphatic heterocycles. The Hall–Kier alpha value is -0.610. The summed E-state index contributed by atoms with van der Waals surface area (Å²) in [4.78, 5) is 4.19. The maximum atomic E-state index is 4.92. The van der Waals surface area contributed by atoms with E-state index in [4.69, 9.17) is 4.52 Å². The van der Waals surface area contributed by atoms with Crippen LogP contribution in [-0.4, -0.2) is 16.7 Å². The summed E-state index contributed by atoms with van der Waals surface area (Å²) in [5, 5.41) is 7.25. The molecule has 1 unspecified atom stereocenters. The summed E-state index contributed by atoms with van der Waals surface area (Å²) in [6, 6.07) is 0.316. The van der Waals surface area contributed by atoms with E-state index >= 15 is 0 Å². The Kier molecular flexibility index (Phi) is 3.69. The molecule has 0 spiro atoms. The Morgan fingerprint density at radius 1 is 1.46 bits per heavy atom. The van der Waals surface area contributed by atoms with Gasteiger partial charge in [0.2, 0.25) is 5.89 Å². The van der Waals surface area contributed by atoms with Crippen LogP contribution in [0.5, 0.6) is 0 Å². The molecule has 0 aromatic carbocycles. The second-order valence-corrected chi connectivity index (χ2v) is 3.17. The van der Waals surface area contributed by atoms with Crippen LogP contribution in [0.25, 0.3) is 0 Å². The van der Waals surface area contributed by atoms with E-state index in [2.05, 4.69) is 15.5 Å². The van der Waals surface area contributed by atoms with Gasteiger partial charge in [0, 0.05) is 6.92 Å². The van der Waals surface area contributed by atoms with Crippen LogP contribution in [0.1, 0.15) is 37.0 Å². The Morgan fingerprint density at radius 3 is 2.85 bits per heavy atom.